The number of halogens is 1. The number of fused-ring (bicyclic) bond motifs is 1. The van der Waals surface area contributed by atoms with Crippen molar-refractivity contribution in [2.24, 2.45) is 5.92 Å². The Morgan fingerprint density at radius 2 is 1.94 bits per heavy atom. The van der Waals surface area contributed by atoms with Gasteiger partial charge in [-0.25, -0.2) is 4.79 Å². The SMILES string of the molecule is COC(=O)c1cccc2[nH]c(C(C)C3CCCNC3)c(-c3cncc(-c4cccc(Cl)c4)c3)c12. The lowest BCUT2D eigenvalue weighted by molar-refractivity contribution is 0.0603. The van der Waals surface area contributed by atoms with Gasteiger partial charge in [0.05, 0.1) is 12.7 Å². The fraction of sp³-hybridized carbons (Fsp3) is 0.286. The molecule has 1 fully saturated rings. The van der Waals surface area contributed by atoms with Crippen molar-refractivity contribution < 1.29 is 9.53 Å². The van der Waals surface area contributed by atoms with E-state index in [4.69, 9.17) is 16.3 Å². The second-order valence-electron chi connectivity index (χ2n) is 9.00. The number of hydrogen-bond acceptors (Lipinski definition) is 4. The standard InChI is InChI=1S/C28H28ClN3O2/c1-17(19-7-5-11-30-14-19)27-25(26-23(28(33)34-2)9-4-10-24(26)32-27)21-12-20(15-31-16-21)18-6-3-8-22(29)13-18/h3-4,6,8-10,12-13,15-17,19,30,32H,5,7,11,14H2,1-2H3. The number of carbonyl (C=O) groups excluding carboxylic acids is 1. The Balaban J connectivity index is 1.73. The van der Waals surface area contributed by atoms with Crippen LogP contribution >= 0.6 is 11.6 Å². The van der Waals surface area contributed by atoms with Crippen LogP contribution in [0.4, 0.5) is 0 Å². The molecule has 1 aliphatic rings. The van der Waals surface area contributed by atoms with Crippen molar-refractivity contribution in [3.63, 3.8) is 0 Å². The fourth-order valence-corrected chi connectivity index (χ4v) is 5.32. The number of carbonyl (C=O) groups is 1. The number of nitrogens with one attached hydrogen (secondary N) is 2. The van der Waals surface area contributed by atoms with Crippen LogP contribution in [0.25, 0.3) is 33.2 Å². The summed E-state index contributed by atoms with van der Waals surface area (Å²) in [6, 6.07) is 15.6. The minimum Gasteiger partial charge on any atom is -0.465 e. The van der Waals surface area contributed by atoms with E-state index in [0.29, 0.717) is 16.5 Å². The summed E-state index contributed by atoms with van der Waals surface area (Å²) in [5, 5.41) is 5.10. The van der Waals surface area contributed by atoms with Crippen molar-refractivity contribution >= 4 is 28.5 Å². The number of piperidine rings is 1. The second-order valence-corrected chi connectivity index (χ2v) is 9.44. The molecule has 0 spiro atoms. The predicted octanol–water partition coefficient (Wildman–Crippen LogP) is 6.44. The molecule has 1 saturated heterocycles. The highest BCUT2D eigenvalue weighted by Gasteiger charge is 2.28. The smallest absolute Gasteiger partial charge is 0.338 e. The Labute approximate surface area is 204 Å². The van der Waals surface area contributed by atoms with Crippen LogP contribution in [0.5, 0.6) is 0 Å². The molecule has 5 rings (SSSR count). The zero-order valence-corrected chi connectivity index (χ0v) is 20.2. The number of hydrogen-bond donors (Lipinski definition) is 2. The van der Waals surface area contributed by atoms with Gasteiger partial charge < -0.3 is 15.0 Å². The average molecular weight is 474 g/mol. The average Bonchev–Trinajstić information content (AvgIpc) is 3.28. The highest BCUT2D eigenvalue weighted by atomic mass is 35.5. The van der Waals surface area contributed by atoms with E-state index in [1.54, 1.807) is 0 Å². The molecule has 2 atom stereocenters. The summed E-state index contributed by atoms with van der Waals surface area (Å²) < 4.78 is 5.13. The third kappa shape index (κ3) is 4.22. The van der Waals surface area contributed by atoms with Gasteiger partial charge in [0, 0.05) is 56.6 Å². The molecule has 5 nitrogen and oxygen atoms in total. The number of pyridine rings is 1. The maximum Gasteiger partial charge on any atom is 0.338 e. The van der Waals surface area contributed by atoms with E-state index in [1.807, 2.05) is 54.9 Å². The lowest BCUT2D eigenvalue weighted by Crippen LogP contribution is -2.32. The summed E-state index contributed by atoms with van der Waals surface area (Å²) in [5.74, 6) is 0.435. The molecule has 6 heteroatoms. The molecule has 1 aliphatic heterocycles. The third-order valence-corrected chi connectivity index (χ3v) is 7.18. The molecule has 174 valence electrons. The molecule has 2 aromatic heterocycles. The van der Waals surface area contributed by atoms with Crippen LogP contribution in [0.1, 0.15) is 41.7 Å². The van der Waals surface area contributed by atoms with Crippen molar-refractivity contribution in [2.75, 3.05) is 20.2 Å². The predicted molar refractivity (Wildman–Crippen MR) is 137 cm³/mol. The maximum absolute atomic E-state index is 12.7. The maximum atomic E-state index is 12.7. The number of esters is 1. The van der Waals surface area contributed by atoms with Crippen LogP contribution in [0.15, 0.2) is 60.9 Å². The summed E-state index contributed by atoms with van der Waals surface area (Å²) >= 11 is 6.25. The summed E-state index contributed by atoms with van der Waals surface area (Å²) in [5.41, 5.74) is 6.57. The first kappa shape index (κ1) is 22.6. The molecule has 2 unspecified atom stereocenters. The van der Waals surface area contributed by atoms with Gasteiger partial charge in [-0.2, -0.15) is 0 Å². The van der Waals surface area contributed by atoms with Crippen LogP contribution in [-0.4, -0.2) is 36.1 Å². The van der Waals surface area contributed by atoms with E-state index in [0.717, 1.165) is 51.9 Å². The highest BCUT2D eigenvalue weighted by Crippen LogP contribution is 2.42. The summed E-state index contributed by atoms with van der Waals surface area (Å²) in [6.45, 7) is 4.33. The van der Waals surface area contributed by atoms with E-state index in [9.17, 15) is 4.79 Å². The van der Waals surface area contributed by atoms with Crippen LogP contribution < -0.4 is 5.32 Å². The molecule has 4 aromatic rings. The first-order valence-electron chi connectivity index (χ1n) is 11.7. The second kappa shape index (κ2) is 9.61. The number of benzene rings is 2. The van der Waals surface area contributed by atoms with E-state index in [2.05, 4.69) is 28.3 Å². The Hall–Kier alpha value is -3.15. The minimum absolute atomic E-state index is 0.274. The lowest BCUT2D eigenvalue weighted by atomic mass is 9.82. The van der Waals surface area contributed by atoms with E-state index in [1.165, 1.54) is 20.0 Å². The van der Waals surface area contributed by atoms with Gasteiger partial charge in [-0.1, -0.05) is 36.7 Å². The van der Waals surface area contributed by atoms with E-state index in [-0.39, 0.29) is 11.9 Å². The van der Waals surface area contributed by atoms with Crippen LogP contribution in [-0.2, 0) is 4.74 Å². The molecule has 0 bridgehead atoms. The van der Waals surface area contributed by atoms with Gasteiger partial charge in [-0.15, -0.1) is 0 Å². The number of aromatic amines is 1. The van der Waals surface area contributed by atoms with E-state index >= 15 is 0 Å². The van der Waals surface area contributed by atoms with Gasteiger partial charge in [0.1, 0.15) is 0 Å². The van der Waals surface area contributed by atoms with Crippen LogP contribution in [0, 0.1) is 5.92 Å². The van der Waals surface area contributed by atoms with Crippen molar-refractivity contribution in [1.82, 2.24) is 15.3 Å². The van der Waals surface area contributed by atoms with Gasteiger partial charge in [-0.05, 0) is 67.7 Å². The van der Waals surface area contributed by atoms with Gasteiger partial charge >= 0.3 is 5.97 Å². The number of rotatable bonds is 5. The Bertz CT molecular complexity index is 1340. The minimum atomic E-state index is -0.344. The van der Waals surface area contributed by atoms with Crippen LogP contribution in [0.3, 0.4) is 0 Å². The molecule has 2 N–H and O–H groups in total. The Morgan fingerprint density at radius 3 is 2.71 bits per heavy atom. The topological polar surface area (TPSA) is 67.0 Å². The number of ether oxygens (including phenoxy) is 1. The molecule has 0 radical (unpaired) electrons. The van der Waals surface area contributed by atoms with Gasteiger partial charge in [0.15, 0.2) is 0 Å². The molecule has 0 aliphatic carbocycles. The number of nitrogens with zero attached hydrogens (tertiary/aromatic N) is 1. The van der Waals surface area contributed by atoms with Gasteiger partial charge in [-0.3, -0.25) is 4.98 Å². The Morgan fingerprint density at radius 1 is 1.12 bits per heavy atom. The number of aromatic nitrogens is 2. The monoisotopic (exact) mass is 473 g/mol. The molecule has 0 saturated carbocycles. The number of H-pyrrole nitrogens is 1. The summed E-state index contributed by atoms with van der Waals surface area (Å²) in [4.78, 5) is 21.0. The number of methoxy groups -OCH3 is 1. The van der Waals surface area contributed by atoms with Gasteiger partial charge in [0.2, 0.25) is 0 Å². The molecule has 0 amide bonds. The van der Waals surface area contributed by atoms with Crippen molar-refractivity contribution in [3.05, 3.63) is 77.2 Å². The normalized spacial score (nSPS) is 17.0. The Kier molecular flexibility index (Phi) is 6.40. The quantitative estimate of drug-likeness (QED) is 0.327. The first-order chi connectivity index (χ1) is 16.6. The largest absolute Gasteiger partial charge is 0.465 e. The summed E-state index contributed by atoms with van der Waals surface area (Å²) in [6.07, 6.45) is 6.07. The van der Waals surface area contributed by atoms with Crippen molar-refractivity contribution in [3.8, 4) is 22.3 Å². The zero-order valence-electron chi connectivity index (χ0n) is 19.4. The summed E-state index contributed by atoms with van der Waals surface area (Å²) in [7, 11) is 1.42. The third-order valence-electron chi connectivity index (χ3n) is 6.94. The molecule has 34 heavy (non-hydrogen) atoms. The molecular weight excluding hydrogens is 446 g/mol. The van der Waals surface area contributed by atoms with E-state index < -0.39 is 0 Å². The zero-order chi connectivity index (χ0) is 23.7. The molecular formula is C28H28ClN3O2. The fourth-order valence-electron chi connectivity index (χ4n) is 5.13. The molecule has 3 heterocycles. The lowest BCUT2D eigenvalue weighted by Gasteiger charge is -2.28. The highest BCUT2D eigenvalue weighted by molar-refractivity contribution is 6.30. The van der Waals surface area contributed by atoms with Crippen molar-refractivity contribution in [1.29, 1.82) is 0 Å². The van der Waals surface area contributed by atoms with Gasteiger partial charge in [0.25, 0.3) is 0 Å². The molecule has 2 aromatic carbocycles. The van der Waals surface area contributed by atoms with Crippen molar-refractivity contribution in [2.45, 2.75) is 25.7 Å². The first-order valence-corrected chi connectivity index (χ1v) is 12.1. The van der Waals surface area contributed by atoms with Crippen LogP contribution in [0.2, 0.25) is 5.02 Å².